The van der Waals surface area contributed by atoms with Gasteiger partial charge >= 0.3 is 0 Å². The molecular formula is C5H3BCl2N2. The summed E-state index contributed by atoms with van der Waals surface area (Å²) in [5, 5.41) is 0.328. The Morgan fingerprint density at radius 3 is 2.40 bits per heavy atom. The van der Waals surface area contributed by atoms with Gasteiger partial charge in [0.1, 0.15) is 13.0 Å². The quantitative estimate of drug-likeness (QED) is 0.330. The van der Waals surface area contributed by atoms with Gasteiger partial charge in [0.15, 0.2) is 0 Å². The number of aryl methyl sites for hydroxylation is 1. The summed E-state index contributed by atoms with van der Waals surface area (Å²) in [7, 11) is 5.44. The predicted octanol–water partition coefficient (Wildman–Crippen LogP) is 0.886. The first-order valence-corrected chi connectivity index (χ1v) is 3.32. The van der Waals surface area contributed by atoms with E-state index in [1.807, 2.05) is 0 Å². The molecule has 0 aliphatic heterocycles. The summed E-state index contributed by atoms with van der Waals surface area (Å²) in [5.74, 6) is 0. The highest BCUT2D eigenvalue weighted by atomic mass is 35.5. The maximum atomic E-state index is 5.56. The number of nitrogens with zero attached hydrogens (tertiary/aromatic N) is 2. The van der Waals surface area contributed by atoms with Crippen molar-refractivity contribution in [1.29, 1.82) is 0 Å². The van der Waals surface area contributed by atoms with E-state index in [0.29, 0.717) is 11.2 Å². The minimum Gasteiger partial charge on any atom is -0.224 e. The summed E-state index contributed by atoms with van der Waals surface area (Å²) >= 11 is 11.0. The van der Waals surface area contributed by atoms with Crippen LogP contribution in [0.3, 0.4) is 0 Å². The SMILES string of the molecule is [B]c1c(C)nc(Cl)nc1Cl. The fraction of sp³-hybridized carbons (Fsp3) is 0.200. The molecule has 1 heterocycles. The molecule has 0 bridgehead atoms. The van der Waals surface area contributed by atoms with E-state index in [0.717, 1.165) is 0 Å². The van der Waals surface area contributed by atoms with Crippen molar-refractivity contribution in [3.8, 4) is 0 Å². The van der Waals surface area contributed by atoms with E-state index < -0.39 is 0 Å². The minimum atomic E-state index is 0.122. The van der Waals surface area contributed by atoms with Gasteiger partial charge in [-0.1, -0.05) is 11.6 Å². The van der Waals surface area contributed by atoms with Crippen LogP contribution in [0.1, 0.15) is 5.69 Å². The molecule has 0 spiro atoms. The Labute approximate surface area is 70.0 Å². The molecule has 5 heteroatoms. The van der Waals surface area contributed by atoms with Crippen LogP contribution in [-0.4, -0.2) is 17.8 Å². The predicted molar refractivity (Wildman–Crippen MR) is 42.2 cm³/mol. The molecule has 0 saturated carbocycles. The Balaban J connectivity index is 3.31. The second kappa shape index (κ2) is 2.76. The lowest BCUT2D eigenvalue weighted by molar-refractivity contribution is 1.12. The van der Waals surface area contributed by atoms with Crippen LogP contribution in [-0.2, 0) is 0 Å². The van der Waals surface area contributed by atoms with Gasteiger partial charge in [-0.05, 0) is 24.0 Å². The van der Waals surface area contributed by atoms with Crippen molar-refractivity contribution in [2.24, 2.45) is 0 Å². The second-order valence-corrected chi connectivity index (χ2v) is 2.48. The number of aromatic nitrogens is 2. The van der Waals surface area contributed by atoms with Crippen molar-refractivity contribution in [2.75, 3.05) is 0 Å². The van der Waals surface area contributed by atoms with Crippen LogP contribution in [0.25, 0.3) is 0 Å². The lowest BCUT2D eigenvalue weighted by atomic mass is 9.97. The van der Waals surface area contributed by atoms with Crippen LogP contribution in [0.4, 0.5) is 0 Å². The molecule has 0 saturated heterocycles. The zero-order valence-electron chi connectivity index (χ0n) is 5.23. The van der Waals surface area contributed by atoms with Crippen LogP contribution in [0.2, 0.25) is 10.4 Å². The molecule has 0 aromatic carbocycles. The number of halogens is 2. The van der Waals surface area contributed by atoms with Crippen molar-refractivity contribution < 1.29 is 0 Å². The highest BCUT2D eigenvalue weighted by molar-refractivity contribution is 6.45. The largest absolute Gasteiger partial charge is 0.224 e. The molecule has 0 aliphatic carbocycles. The second-order valence-electron chi connectivity index (χ2n) is 1.78. The zero-order valence-corrected chi connectivity index (χ0v) is 6.74. The van der Waals surface area contributed by atoms with Crippen molar-refractivity contribution in [3.63, 3.8) is 0 Å². The molecular weight excluding hydrogens is 170 g/mol. The van der Waals surface area contributed by atoms with Gasteiger partial charge in [-0.2, -0.15) is 0 Å². The Kier molecular flexibility index (Phi) is 2.16. The Morgan fingerprint density at radius 2 is 1.90 bits per heavy atom. The Bertz CT molecular complexity index is 241. The lowest BCUT2D eigenvalue weighted by Gasteiger charge is -1.99. The molecule has 10 heavy (non-hydrogen) atoms. The topological polar surface area (TPSA) is 25.8 Å². The fourth-order valence-electron chi connectivity index (χ4n) is 0.514. The normalized spacial score (nSPS) is 9.90. The van der Waals surface area contributed by atoms with Crippen LogP contribution in [0, 0.1) is 6.92 Å². The van der Waals surface area contributed by atoms with E-state index in [-0.39, 0.29) is 10.4 Å². The third kappa shape index (κ3) is 1.41. The molecule has 0 N–H and O–H groups in total. The Hall–Kier alpha value is -0.275. The van der Waals surface area contributed by atoms with Gasteiger partial charge in [0.05, 0.1) is 0 Å². The molecule has 0 amide bonds. The summed E-state index contributed by atoms with van der Waals surface area (Å²) in [6.45, 7) is 1.72. The van der Waals surface area contributed by atoms with Crippen LogP contribution >= 0.6 is 23.2 Å². The zero-order chi connectivity index (χ0) is 7.72. The monoisotopic (exact) mass is 172 g/mol. The maximum Gasteiger partial charge on any atom is 0.223 e. The third-order valence-corrected chi connectivity index (χ3v) is 1.52. The van der Waals surface area contributed by atoms with Crippen molar-refractivity contribution in [2.45, 2.75) is 6.92 Å². The summed E-state index contributed by atoms with van der Waals surface area (Å²) in [6, 6.07) is 0. The van der Waals surface area contributed by atoms with Gasteiger partial charge in [-0.3, -0.25) is 0 Å². The summed E-state index contributed by atoms with van der Waals surface area (Å²) < 4.78 is 0. The number of rotatable bonds is 0. The van der Waals surface area contributed by atoms with E-state index in [1.165, 1.54) is 0 Å². The summed E-state index contributed by atoms with van der Waals surface area (Å²) in [5.41, 5.74) is 0.982. The smallest absolute Gasteiger partial charge is 0.223 e. The molecule has 50 valence electrons. The first kappa shape index (κ1) is 7.83. The number of hydrogen-bond acceptors (Lipinski definition) is 2. The molecule has 1 aromatic rings. The van der Waals surface area contributed by atoms with Gasteiger partial charge in [-0.25, -0.2) is 9.97 Å². The van der Waals surface area contributed by atoms with Crippen molar-refractivity contribution >= 4 is 36.5 Å². The van der Waals surface area contributed by atoms with Gasteiger partial charge in [0.25, 0.3) is 0 Å². The van der Waals surface area contributed by atoms with E-state index >= 15 is 0 Å². The maximum absolute atomic E-state index is 5.56. The molecule has 0 fully saturated rings. The average Bonchev–Trinajstić information content (AvgIpc) is 1.82. The van der Waals surface area contributed by atoms with E-state index in [9.17, 15) is 0 Å². The van der Waals surface area contributed by atoms with E-state index in [2.05, 4.69) is 9.97 Å². The molecule has 0 atom stereocenters. The van der Waals surface area contributed by atoms with Gasteiger partial charge < -0.3 is 0 Å². The number of hydrogen-bond donors (Lipinski definition) is 0. The molecule has 0 unspecified atom stereocenters. The molecule has 2 nitrogen and oxygen atoms in total. The van der Waals surface area contributed by atoms with Crippen molar-refractivity contribution in [3.05, 3.63) is 16.1 Å². The first-order chi connectivity index (χ1) is 4.61. The van der Waals surface area contributed by atoms with Gasteiger partial charge in [-0.15, -0.1) is 0 Å². The first-order valence-electron chi connectivity index (χ1n) is 2.56. The minimum absolute atomic E-state index is 0.122. The standard InChI is InChI=1S/C5H3BCl2N2/c1-2-3(6)4(7)10-5(8)9-2/h1H3. The molecule has 1 rings (SSSR count). The highest BCUT2D eigenvalue weighted by Gasteiger charge is 2.01. The highest BCUT2D eigenvalue weighted by Crippen LogP contribution is 2.05. The third-order valence-electron chi connectivity index (χ3n) is 1.06. The van der Waals surface area contributed by atoms with E-state index in [4.69, 9.17) is 31.0 Å². The van der Waals surface area contributed by atoms with Crippen molar-refractivity contribution in [1.82, 2.24) is 9.97 Å². The van der Waals surface area contributed by atoms with Crippen LogP contribution in [0.5, 0.6) is 0 Å². The van der Waals surface area contributed by atoms with E-state index in [1.54, 1.807) is 6.92 Å². The molecule has 2 radical (unpaired) electrons. The Morgan fingerprint density at radius 1 is 1.30 bits per heavy atom. The lowest BCUT2D eigenvalue weighted by Crippen LogP contribution is -2.12. The summed E-state index contributed by atoms with van der Waals surface area (Å²) in [6.07, 6.45) is 0. The van der Waals surface area contributed by atoms with Crippen LogP contribution < -0.4 is 5.46 Å². The summed E-state index contributed by atoms with van der Waals surface area (Å²) in [4.78, 5) is 7.41. The van der Waals surface area contributed by atoms with Crippen LogP contribution in [0.15, 0.2) is 0 Å². The van der Waals surface area contributed by atoms with Gasteiger partial charge in [0, 0.05) is 5.69 Å². The molecule has 1 aromatic heterocycles. The van der Waals surface area contributed by atoms with Gasteiger partial charge in [0.2, 0.25) is 5.28 Å². The average molecular weight is 173 g/mol. The fourth-order valence-corrected chi connectivity index (χ4v) is 0.985. The molecule has 0 aliphatic rings.